The molecule has 1 heterocycles. The van der Waals surface area contributed by atoms with Crippen molar-refractivity contribution >= 4 is 16.3 Å². The largest absolute Gasteiger partial charge is 0.302 e. The van der Waals surface area contributed by atoms with Gasteiger partial charge in [0.15, 0.2) is 0 Å². The summed E-state index contributed by atoms with van der Waals surface area (Å²) in [6.07, 6.45) is 2.81. The molecule has 0 aliphatic carbocycles. The predicted molar refractivity (Wildman–Crippen MR) is 73.5 cm³/mol. The quantitative estimate of drug-likeness (QED) is 0.804. The number of hydrogen-bond acceptors (Lipinski definition) is 3. The molecule has 1 fully saturated rings. The van der Waals surface area contributed by atoms with Gasteiger partial charge in [-0.3, -0.25) is 0 Å². The molecule has 1 aliphatic rings. The minimum absolute atomic E-state index is 0.118. The van der Waals surface area contributed by atoms with Crippen molar-refractivity contribution in [2.24, 2.45) is 0 Å². The second-order valence-electron chi connectivity index (χ2n) is 5.18. The van der Waals surface area contributed by atoms with E-state index in [1.807, 2.05) is 0 Å². The number of aldehydes is 1. The maximum atomic E-state index is 13.3. The maximum absolute atomic E-state index is 13.3. The fourth-order valence-corrected chi connectivity index (χ4v) is 4.83. The molecule has 1 aromatic carbocycles. The summed E-state index contributed by atoms with van der Waals surface area (Å²) in [6.45, 7) is 3.48. The SMILES string of the molecule is Cc1cc(F)cc(C)c1S(=O)(=O)N1CCCCC1C=O. The normalized spacial score (nSPS) is 20.9. The number of carbonyl (C=O) groups excluding carboxylic acids is 1. The monoisotopic (exact) mass is 299 g/mol. The molecule has 0 amide bonds. The first-order chi connectivity index (χ1) is 9.37. The Morgan fingerprint density at radius 3 is 2.40 bits per heavy atom. The van der Waals surface area contributed by atoms with E-state index in [0.717, 1.165) is 12.8 Å². The zero-order valence-corrected chi connectivity index (χ0v) is 12.4. The molecule has 0 saturated carbocycles. The second kappa shape index (κ2) is 5.61. The zero-order chi connectivity index (χ0) is 14.9. The van der Waals surface area contributed by atoms with Crippen molar-refractivity contribution in [3.8, 4) is 0 Å². The van der Waals surface area contributed by atoms with Crippen molar-refractivity contribution in [2.45, 2.75) is 44.0 Å². The summed E-state index contributed by atoms with van der Waals surface area (Å²) in [4.78, 5) is 11.2. The molecule has 1 atom stereocenters. The molecule has 6 heteroatoms. The van der Waals surface area contributed by atoms with Crippen LogP contribution in [0.3, 0.4) is 0 Å². The fraction of sp³-hybridized carbons (Fsp3) is 0.500. The number of carbonyl (C=O) groups is 1. The molecule has 1 unspecified atom stereocenters. The lowest BCUT2D eigenvalue weighted by molar-refractivity contribution is -0.111. The predicted octanol–water partition coefficient (Wildman–Crippen LogP) is 2.18. The summed E-state index contributed by atoms with van der Waals surface area (Å²) < 4.78 is 40.1. The van der Waals surface area contributed by atoms with Crippen molar-refractivity contribution in [1.29, 1.82) is 0 Å². The minimum atomic E-state index is -3.77. The Labute approximate surface area is 118 Å². The van der Waals surface area contributed by atoms with E-state index in [1.165, 1.54) is 16.4 Å². The Bertz CT molecular complexity index is 604. The summed E-state index contributed by atoms with van der Waals surface area (Å²) in [5.41, 5.74) is 0.746. The molecular formula is C14H18FNO3S. The van der Waals surface area contributed by atoms with Crippen molar-refractivity contribution in [1.82, 2.24) is 4.31 Å². The lowest BCUT2D eigenvalue weighted by Crippen LogP contribution is -2.44. The Kier molecular flexibility index (Phi) is 4.25. The van der Waals surface area contributed by atoms with E-state index in [1.54, 1.807) is 13.8 Å². The number of sulfonamides is 1. The highest BCUT2D eigenvalue weighted by Crippen LogP contribution is 2.29. The summed E-state index contributed by atoms with van der Waals surface area (Å²) in [5.74, 6) is -0.454. The third-order valence-electron chi connectivity index (χ3n) is 3.65. The third kappa shape index (κ3) is 2.62. The topological polar surface area (TPSA) is 54.5 Å². The van der Waals surface area contributed by atoms with Gasteiger partial charge in [-0.25, -0.2) is 12.8 Å². The van der Waals surface area contributed by atoms with Gasteiger partial charge < -0.3 is 4.79 Å². The van der Waals surface area contributed by atoms with E-state index >= 15 is 0 Å². The van der Waals surface area contributed by atoms with E-state index in [9.17, 15) is 17.6 Å². The lowest BCUT2D eigenvalue weighted by Gasteiger charge is -2.32. The van der Waals surface area contributed by atoms with Crippen molar-refractivity contribution in [2.75, 3.05) is 6.54 Å². The van der Waals surface area contributed by atoms with Crippen LogP contribution in [0.4, 0.5) is 4.39 Å². The van der Waals surface area contributed by atoms with Gasteiger partial charge in [-0.15, -0.1) is 0 Å². The van der Waals surface area contributed by atoms with Crippen LogP contribution < -0.4 is 0 Å². The highest BCUT2D eigenvalue weighted by atomic mass is 32.2. The first kappa shape index (κ1) is 15.1. The molecule has 1 aromatic rings. The van der Waals surface area contributed by atoms with Crippen LogP contribution in [0.15, 0.2) is 17.0 Å². The minimum Gasteiger partial charge on any atom is -0.302 e. The van der Waals surface area contributed by atoms with Crippen LogP contribution in [0, 0.1) is 19.7 Å². The molecule has 110 valence electrons. The van der Waals surface area contributed by atoms with Gasteiger partial charge in [-0.2, -0.15) is 4.31 Å². The standard InChI is InChI=1S/C14H18FNO3S/c1-10-7-12(15)8-11(2)14(10)20(18,19)16-6-4-3-5-13(16)9-17/h7-9,13H,3-6H2,1-2H3. The van der Waals surface area contributed by atoms with Crippen LogP contribution in [0.5, 0.6) is 0 Å². The summed E-state index contributed by atoms with van der Waals surface area (Å²) >= 11 is 0. The second-order valence-corrected chi connectivity index (χ2v) is 7.01. The van der Waals surface area contributed by atoms with Gasteiger partial charge in [0.25, 0.3) is 0 Å². The number of piperidine rings is 1. The number of nitrogens with zero attached hydrogens (tertiary/aromatic N) is 1. The average Bonchev–Trinajstić information content (AvgIpc) is 2.37. The van der Waals surface area contributed by atoms with Crippen LogP contribution in [-0.4, -0.2) is 31.6 Å². The van der Waals surface area contributed by atoms with E-state index in [4.69, 9.17) is 0 Å². The number of halogens is 1. The first-order valence-electron chi connectivity index (χ1n) is 6.62. The van der Waals surface area contributed by atoms with Gasteiger partial charge >= 0.3 is 0 Å². The molecule has 0 radical (unpaired) electrons. The number of benzene rings is 1. The van der Waals surface area contributed by atoms with Crippen molar-refractivity contribution < 1.29 is 17.6 Å². The van der Waals surface area contributed by atoms with E-state index < -0.39 is 21.9 Å². The number of hydrogen-bond donors (Lipinski definition) is 0. The summed E-state index contributed by atoms with van der Waals surface area (Å²) in [5, 5.41) is 0. The highest BCUT2D eigenvalue weighted by molar-refractivity contribution is 7.89. The molecular weight excluding hydrogens is 281 g/mol. The zero-order valence-electron chi connectivity index (χ0n) is 11.6. The van der Waals surface area contributed by atoms with Gasteiger partial charge in [0.2, 0.25) is 10.0 Å². The third-order valence-corrected chi connectivity index (χ3v) is 5.88. The molecule has 20 heavy (non-hydrogen) atoms. The molecule has 0 bridgehead atoms. The van der Waals surface area contributed by atoms with Crippen LogP contribution >= 0.6 is 0 Å². The highest BCUT2D eigenvalue weighted by Gasteiger charge is 2.35. The average molecular weight is 299 g/mol. The van der Waals surface area contributed by atoms with Gasteiger partial charge in [-0.1, -0.05) is 6.42 Å². The van der Waals surface area contributed by atoms with Crippen molar-refractivity contribution in [3.63, 3.8) is 0 Å². The molecule has 2 rings (SSSR count). The van der Waals surface area contributed by atoms with E-state index in [2.05, 4.69) is 0 Å². The maximum Gasteiger partial charge on any atom is 0.244 e. The lowest BCUT2D eigenvalue weighted by atomic mass is 10.1. The van der Waals surface area contributed by atoms with Crippen LogP contribution in [-0.2, 0) is 14.8 Å². The van der Waals surface area contributed by atoms with Gasteiger partial charge in [0.05, 0.1) is 10.9 Å². The Morgan fingerprint density at radius 2 is 1.85 bits per heavy atom. The van der Waals surface area contributed by atoms with Crippen LogP contribution in [0.1, 0.15) is 30.4 Å². The van der Waals surface area contributed by atoms with Crippen LogP contribution in [0.25, 0.3) is 0 Å². The molecule has 1 aliphatic heterocycles. The molecule has 0 aromatic heterocycles. The number of aryl methyl sites for hydroxylation is 2. The fourth-order valence-electron chi connectivity index (χ4n) is 2.79. The molecule has 0 spiro atoms. The van der Waals surface area contributed by atoms with Gasteiger partial charge in [-0.05, 0) is 49.9 Å². The Balaban J connectivity index is 2.52. The molecule has 1 saturated heterocycles. The van der Waals surface area contributed by atoms with Gasteiger partial charge in [0.1, 0.15) is 12.1 Å². The summed E-state index contributed by atoms with van der Waals surface area (Å²) in [6, 6.07) is 1.80. The summed E-state index contributed by atoms with van der Waals surface area (Å²) in [7, 11) is -3.77. The molecule has 4 nitrogen and oxygen atoms in total. The van der Waals surface area contributed by atoms with E-state index in [-0.39, 0.29) is 4.90 Å². The van der Waals surface area contributed by atoms with Gasteiger partial charge in [0, 0.05) is 6.54 Å². The smallest absolute Gasteiger partial charge is 0.244 e. The molecule has 0 N–H and O–H groups in total. The van der Waals surface area contributed by atoms with Crippen molar-refractivity contribution in [3.05, 3.63) is 29.1 Å². The Hall–Kier alpha value is -1.27. The van der Waals surface area contributed by atoms with E-state index in [0.29, 0.717) is 30.4 Å². The number of rotatable bonds is 3. The van der Waals surface area contributed by atoms with Crippen LogP contribution in [0.2, 0.25) is 0 Å². The first-order valence-corrected chi connectivity index (χ1v) is 8.06. The Morgan fingerprint density at radius 1 is 1.25 bits per heavy atom.